The van der Waals surface area contributed by atoms with Crippen LogP contribution in [0.1, 0.15) is 18.3 Å². The summed E-state index contributed by atoms with van der Waals surface area (Å²) in [7, 11) is 0. The van der Waals surface area contributed by atoms with Crippen LogP contribution in [0.3, 0.4) is 0 Å². The summed E-state index contributed by atoms with van der Waals surface area (Å²) >= 11 is 0. The maximum atomic E-state index is 5.61. The van der Waals surface area contributed by atoms with E-state index in [4.69, 9.17) is 15.2 Å². The van der Waals surface area contributed by atoms with Crippen molar-refractivity contribution < 1.29 is 9.47 Å². The van der Waals surface area contributed by atoms with Crippen LogP contribution in [0.2, 0.25) is 0 Å². The van der Waals surface area contributed by atoms with E-state index in [1.54, 1.807) is 10.7 Å². The molecule has 0 aromatic carbocycles. The highest BCUT2D eigenvalue weighted by Gasteiger charge is 2.34. The van der Waals surface area contributed by atoms with Gasteiger partial charge in [-0.3, -0.25) is 9.67 Å². The number of ether oxygens (including phenoxy) is 2. The highest BCUT2D eigenvalue weighted by molar-refractivity contribution is 5.24. The number of nitrogens with two attached hydrogens (primary N) is 1. The molecule has 0 unspecified atom stereocenters. The van der Waals surface area contributed by atoms with E-state index in [-0.39, 0.29) is 0 Å². The third-order valence-corrected chi connectivity index (χ3v) is 3.10. The lowest BCUT2D eigenvalue weighted by Gasteiger charge is -2.21. The zero-order chi connectivity index (χ0) is 13.3. The highest BCUT2D eigenvalue weighted by Crippen LogP contribution is 2.29. The van der Waals surface area contributed by atoms with Gasteiger partial charge in [0.15, 0.2) is 0 Å². The average molecular weight is 260 g/mol. The Hall–Kier alpha value is -1.92. The minimum atomic E-state index is -0.737. The lowest BCUT2D eigenvalue weighted by Crippen LogP contribution is -2.24. The smallest absolute Gasteiger partial charge is 0.209 e. The lowest BCUT2D eigenvalue weighted by molar-refractivity contribution is -0.152. The Morgan fingerprint density at radius 1 is 1.32 bits per heavy atom. The summed E-state index contributed by atoms with van der Waals surface area (Å²) in [6.07, 6.45) is 1.83. The molecular formula is C13H16N4O2. The zero-order valence-corrected chi connectivity index (χ0v) is 10.7. The first kappa shape index (κ1) is 12.1. The van der Waals surface area contributed by atoms with Crippen molar-refractivity contribution in [1.29, 1.82) is 0 Å². The third-order valence-electron chi connectivity index (χ3n) is 3.10. The molecule has 3 rings (SSSR count). The number of rotatable bonds is 3. The molecule has 100 valence electrons. The quantitative estimate of drug-likeness (QED) is 0.895. The molecule has 1 saturated heterocycles. The fraction of sp³-hybridized carbons (Fsp3) is 0.385. The summed E-state index contributed by atoms with van der Waals surface area (Å²) in [4.78, 5) is 4.58. The molecule has 6 nitrogen and oxygen atoms in total. The number of hydrogen-bond donors (Lipinski definition) is 1. The van der Waals surface area contributed by atoms with Gasteiger partial charge in [-0.05, 0) is 25.1 Å². The Bertz CT molecular complexity index is 576. The van der Waals surface area contributed by atoms with Crippen LogP contribution in [0.5, 0.6) is 0 Å². The summed E-state index contributed by atoms with van der Waals surface area (Å²) in [5, 5.41) is 4.14. The molecule has 2 aromatic rings. The number of aromatic nitrogens is 3. The minimum Gasteiger partial charge on any atom is -0.382 e. The molecule has 0 bridgehead atoms. The van der Waals surface area contributed by atoms with E-state index in [9.17, 15) is 0 Å². The van der Waals surface area contributed by atoms with Gasteiger partial charge >= 0.3 is 0 Å². The molecule has 1 aliphatic heterocycles. The van der Waals surface area contributed by atoms with Gasteiger partial charge in [0.2, 0.25) is 5.79 Å². The number of nitrogen functional groups attached to an aromatic ring is 1. The second-order valence-electron chi connectivity index (χ2n) is 4.59. The SMILES string of the molecule is CC1(c2cccc(Cn3ccc(N)n3)n2)OCCO1. The van der Waals surface area contributed by atoms with Crippen molar-refractivity contribution in [3.8, 4) is 0 Å². The van der Waals surface area contributed by atoms with E-state index in [1.165, 1.54) is 0 Å². The van der Waals surface area contributed by atoms with E-state index in [2.05, 4.69) is 10.1 Å². The molecule has 2 aromatic heterocycles. The molecule has 0 amide bonds. The van der Waals surface area contributed by atoms with Gasteiger partial charge in [0.05, 0.1) is 31.1 Å². The Balaban J connectivity index is 1.83. The number of hydrogen-bond acceptors (Lipinski definition) is 5. The number of nitrogens with zero attached hydrogens (tertiary/aromatic N) is 3. The lowest BCUT2D eigenvalue weighted by atomic mass is 10.2. The van der Waals surface area contributed by atoms with Gasteiger partial charge < -0.3 is 15.2 Å². The first-order chi connectivity index (χ1) is 9.16. The zero-order valence-electron chi connectivity index (χ0n) is 10.7. The van der Waals surface area contributed by atoms with Crippen molar-refractivity contribution in [2.75, 3.05) is 18.9 Å². The number of pyridine rings is 1. The first-order valence-electron chi connectivity index (χ1n) is 6.19. The average Bonchev–Trinajstić information content (AvgIpc) is 3.00. The van der Waals surface area contributed by atoms with Crippen molar-refractivity contribution in [2.45, 2.75) is 19.3 Å². The van der Waals surface area contributed by atoms with E-state index in [0.29, 0.717) is 25.6 Å². The fourth-order valence-corrected chi connectivity index (χ4v) is 2.11. The van der Waals surface area contributed by atoms with Gasteiger partial charge in [-0.25, -0.2) is 0 Å². The Morgan fingerprint density at radius 2 is 2.11 bits per heavy atom. The molecule has 0 atom stereocenters. The standard InChI is InChI=1S/C13H16N4O2/c1-13(18-7-8-19-13)11-4-2-3-10(15-11)9-17-6-5-12(14)16-17/h2-6H,7-9H2,1H3,(H2,14,16). The van der Waals surface area contributed by atoms with Crippen LogP contribution in [0.4, 0.5) is 5.82 Å². The van der Waals surface area contributed by atoms with Crippen LogP contribution >= 0.6 is 0 Å². The van der Waals surface area contributed by atoms with Crippen LogP contribution in [0.25, 0.3) is 0 Å². The Labute approximate surface area is 111 Å². The molecule has 3 heterocycles. The summed E-state index contributed by atoms with van der Waals surface area (Å²) in [5.41, 5.74) is 7.26. The molecule has 1 aliphatic rings. The molecule has 19 heavy (non-hydrogen) atoms. The van der Waals surface area contributed by atoms with Gasteiger partial charge in [0, 0.05) is 6.20 Å². The van der Waals surface area contributed by atoms with Gasteiger partial charge in [0.1, 0.15) is 5.82 Å². The molecule has 0 radical (unpaired) electrons. The fourth-order valence-electron chi connectivity index (χ4n) is 2.11. The predicted molar refractivity (Wildman–Crippen MR) is 69.2 cm³/mol. The Morgan fingerprint density at radius 3 is 2.79 bits per heavy atom. The normalized spacial score (nSPS) is 17.7. The second-order valence-corrected chi connectivity index (χ2v) is 4.59. The minimum absolute atomic E-state index is 0.505. The number of anilines is 1. The molecule has 2 N–H and O–H groups in total. The summed E-state index contributed by atoms with van der Waals surface area (Å²) in [6.45, 7) is 3.65. The van der Waals surface area contributed by atoms with E-state index < -0.39 is 5.79 Å². The van der Waals surface area contributed by atoms with Gasteiger partial charge in [-0.15, -0.1) is 0 Å². The maximum Gasteiger partial charge on any atom is 0.209 e. The van der Waals surface area contributed by atoms with Crippen molar-refractivity contribution >= 4 is 5.82 Å². The molecule has 0 aliphatic carbocycles. The molecule has 0 spiro atoms. The van der Waals surface area contributed by atoms with E-state index >= 15 is 0 Å². The monoisotopic (exact) mass is 260 g/mol. The van der Waals surface area contributed by atoms with Crippen molar-refractivity contribution in [3.05, 3.63) is 41.9 Å². The highest BCUT2D eigenvalue weighted by atomic mass is 16.7. The Kier molecular flexibility index (Phi) is 2.96. The second kappa shape index (κ2) is 4.64. The largest absolute Gasteiger partial charge is 0.382 e. The molecular weight excluding hydrogens is 244 g/mol. The van der Waals surface area contributed by atoms with Crippen LogP contribution in [0, 0.1) is 0 Å². The van der Waals surface area contributed by atoms with E-state index in [0.717, 1.165) is 11.4 Å². The van der Waals surface area contributed by atoms with Crippen molar-refractivity contribution in [1.82, 2.24) is 14.8 Å². The van der Waals surface area contributed by atoms with Crippen LogP contribution in [-0.4, -0.2) is 28.0 Å². The van der Waals surface area contributed by atoms with Crippen molar-refractivity contribution in [2.24, 2.45) is 0 Å². The van der Waals surface area contributed by atoms with Gasteiger partial charge in [0.25, 0.3) is 0 Å². The summed E-state index contributed by atoms with van der Waals surface area (Å²) in [6, 6.07) is 7.56. The van der Waals surface area contributed by atoms with Crippen LogP contribution in [0.15, 0.2) is 30.5 Å². The first-order valence-corrected chi connectivity index (χ1v) is 6.19. The van der Waals surface area contributed by atoms with Crippen LogP contribution in [-0.2, 0) is 21.8 Å². The predicted octanol–water partition coefficient (Wildman–Crippen LogP) is 1.13. The van der Waals surface area contributed by atoms with Gasteiger partial charge in [-0.2, -0.15) is 5.10 Å². The van der Waals surface area contributed by atoms with Crippen LogP contribution < -0.4 is 5.73 Å². The van der Waals surface area contributed by atoms with Gasteiger partial charge in [-0.1, -0.05) is 6.07 Å². The topological polar surface area (TPSA) is 75.2 Å². The summed E-state index contributed by atoms with van der Waals surface area (Å²) < 4.78 is 13.0. The van der Waals surface area contributed by atoms with E-state index in [1.807, 2.05) is 31.3 Å². The molecule has 0 saturated carbocycles. The van der Waals surface area contributed by atoms with Crippen molar-refractivity contribution in [3.63, 3.8) is 0 Å². The maximum absolute atomic E-state index is 5.61. The molecule has 6 heteroatoms. The third kappa shape index (κ3) is 2.45. The molecule has 1 fully saturated rings. The summed E-state index contributed by atoms with van der Waals surface area (Å²) in [5.74, 6) is -0.232.